The number of anilines is 4. The Morgan fingerprint density at radius 2 is 1.35 bits per heavy atom. The number of aryl methyl sites for hydroxylation is 1. The average molecular weight is 809 g/mol. The first kappa shape index (κ1) is 32.3. The normalized spacial score (nSPS) is 12.1. The van der Waals surface area contributed by atoms with E-state index < -0.39 is 0 Å². The van der Waals surface area contributed by atoms with Gasteiger partial charge in [0.15, 0.2) is 0 Å². The van der Waals surface area contributed by atoms with Gasteiger partial charge in [0, 0.05) is 63.7 Å². The Bertz CT molecular complexity index is 2240. The van der Waals surface area contributed by atoms with E-state index in [2.05, 4.69) is 138 Å². The van der Waals surface area contributed by atoms with Gasteiger partial charge in [-0.25, -0.2) is 0 Å². The van der Waals surface area contributed by atoms with Crippen molar-refractivity contribution in [3.8, 4) is 33.6 Å². The van der Waals surface area contributed by atoms with Gasteiger partial charge >= 0.3 is 0 Å². The maximum atomic E-state index is 4.81. The molecule has 2 aliphatic rings. The summed E-state index contributed by atoms with van der Waals surface area (Å²) in [4.78, 5) is 13.8. The van der Waals surface area contributed by atoms with Gasteiger partial charge in [0.2, 0.25) is 6.71 Å². The molecule has 0 saturated carbocycles. The molecule has 0 saturated heterocycles. The number of nitrogens with zero attached hydrogens (tertiary/aromatic N) is 4. The number of fused-ring (bicyclic) bond motifs is 4. The van der Waals surface area contributed by atoms with Crippen molar-refractivity contribution in [1.82, 2.24) is 9.97 Å². The molecule has 9 rings (SSSR count). The van der Waals surface area contributed by atoms with E-state index in [9.17, 15) is 0 Å². The summed E-state index contributed by atoms with van der Waals surface area (Å²) in [5, 5.41) is 0. The molecular weight excluding hydrogens is 776 g/mol. The summed E-state index contributed by atoms with van der Waals surface area (Å²) >= 11 is 0. The summed E-state index contributed by atoms with van der Waals surface area (Å²) in [7, 11) is 4.34. The van der Waals surface area contributed by atoms with E-state index in [1.807, 2.05) is 55.7 Å². The zero-order valence-electron chi connectivity index (χ0n) is 27.6. The smallest absolute Gasteiger partial charge is 0.233 e. The third-order valence-corrected chi connectivity index (χ3v) is 9.35. The van der Waals surface area contributed by atoms with Crippen LogP contribution in [0.4, 0.5) is 22.7 Å². The molecule has 0 spiro atoms. The minimum absolute atomic E-state index is 0. The van der Waals surface area contributed by atoms with Crippen LogP contribution in [0.25, 0.3) is 33.6 Å². The minimum atomic E-state index is 0. The van der Waals surface area contributed by atoms with Crippen LogP contribution < -0.4 is 26.2 Å². The van der Waals surface area contributed by atoms with Crippen molar-refractivity contribution >= 4 is 45.9 Å². The molecule has 0 aliphatic carbocycles. The van der Waals surface area contributed by atoms with Crippen LogP contribution in [-0.2, 0) is 20.1 Å². The summed E-state index contributed by atoms with van der Waals surface area (Å²) in [6.45, 7) is 2.20. The quantitative estimate of drug-likeness (QED) is 0.135. The van der Waals surface area contributed by atoms with Gasteiger partial charge in [-0.3, -0.25) is 0 Å². The molecule has 0 atom stereocenters. The Morgan fingerprint density at radius 1 is 0.592 bits per heavy atom. The van der Waals surface area contributed by atoms with E-state index >= 15 is 0 Å². The van der Waals surface area contributed by atoms with E-state index in [0.29, 0.717) is 0 Å². The van der Waals surface area contributed by atoms with Crippen molar-refractivity contribution in [3.05, 3.63) is 164 Å². The van der Waals surface area contributed by atoms with Crippen LogP contribution in [0.1, 0.15) is 5.56 Å². The Kier molecular flexibility index (Phi) is 9.01. The molecule has 0 fully saturated rings. The molecule has 0 bridgehead atoms. The molecule has 6 heteroatoms. The predicted molar refractivity (Wildman–Crippen MR) is 201 cm³/mol. The third kappa shape index (κ3) is 5.88. The standard InChI is InChI=1S/C31H23BN3.C12H10N.Ir/c1-34-27-15-7-6-13-24(27)32-25-14-8-12-23(31(25)35(2)29-17-9-16-28(34)30(29)32)26-20-22(18-19-33-26)21-10-4-3-5-11-21;1-10-7-8-12(13-9-10)11-5-3-2-4-6-11;/h3-11,13-20H,1-2H3;2-5,7-9H,1H3;/q2*-1;. The summed E-state index contributed by atoms with van der Waals surface area (Å²) in [5.41, 5.74) is 16.5. The number of aromatic nitrogens is 2. The summed E-state index contributed by atoms with van der Waals surface area (Å²) in [6, 6.07) is 53.1. The zero-order chi connectivity index (χ0) is 32.6. The van der Waals surface area contributed by atoms with Crippen LogP contribution in [0.2, 0.25) is 0 Å². The van der Waals surface area contributed by atoms with E-state index in [0.717, 1.165) is 28.1 Å². The summed E-state index contributed by atoms with van der Waals surface area (Å²) in [5.74, 6) is 0. The Hall–Kier alpha value is -5.29. The van der Waals surface area contributed by atoms with Crippen LogP contribution in [0, 0.1) is 19.1 Å². The second-order valence-electron chi connectivity index (χ2n) is 12.3. The van der Waals surface area contributed by atoms with Gasteiger partial charge in [0.25, 0.3) is 0 Å². The molecule has 2 aliphatic heterocycles. The zero-order valence-corrected chi connectivity index (χ0v) is 30.0. The van der Waals surface area contributed by atoms with Crippen LogP contribution >= 0.6 is 0 Å². The second-order valence-corrected chi connectivity index (χ2v) is 12.3. The number of para-hydroxylation sites is 1. The maximum absolute atomic E-state index is 4.81. The molecule has 0 N–H and O–H groups in total. The largest absolute Gasteiger partial charge is 0.385 e. The summed E-state index contributed by atoms with van der Waals surface area (Å²) < 4.78 is 0. The average Bonchev–Trinajstić information content (AvgIpc) is 3.15. The number of rotatable bonds is 3. The van der Waals surface area contributed by atoms with Crippen LogP contribution in [-0.4, -0.2) is 30.8 Å². The van der Waals surface area contributed by atoms with Gasteiger partial charge in [-0.05, 0) is 75.9 Å². The molecule has 0 amide bonds. The van der Waals surface area contributed by atoms with Crippen molar-refractivity contribution < 1.29 is 20.1 Å². The molecule has 4 heterocycles. The second kappa shape index (κ2) is 13.7. The monoisotopic (exact) mass is 809 g/mol. The number of hydrogen-bond acceptors (Lipinski definition) is 4. The molecule has 4 nitrogen and oxygen atoms in total. The fourth-order valence-electron chi connectivity index (χ4n) is 7.04. The number of benzene rings is 5. The fourth-order valence-corrected chi connectivity index (χ4v) is 7.04. The fraction of sp³-hybridized carbons (Fsp3) is 0.0698. The van der Waals surface area contributed by atoms with Crippen LogP contribution in [0.15, 0.2) is 146 Å². The molecule has 2 aromatic heterocycles. The molecule has 49 heavy (non-hydrogen) atoms. The maximum Gasteiger partial charge on any atom is 0.233 e. The summed E-state index contributed by atoms with van der Waals surface area (Å²) in [6.07, 6.45) is 3.78. The van der Waals surface area contributed by atoms with Gasteiger partial charge in [0.1, 0.15) is 0 Å². The minimum Gasteiger partial charge on any atom is -0.385 e. The first-order valence-corrected chi connectivity index (χ1v) is 16.2. The van der Waals surface area contributed by atoms with E-state index in [1.54, 1.807) is 0 Å². The first-order valence-electron chi connectivity index (χ1n) is 16.2. The van der Waals surface area contributed by atoms with Crippen molar-refractivity contribution in [1.29, 1.82) is 0 Å². The SMILES string of the molecule is CN1c2ccccc2B2c3cc[c-]c(-c4cc(-c5ccccc5)ccn4)c3N(C)c3cccc1c32.Cc1ccc(-c2[c-]cccc2)nc1.[Ir]. The number of hydrogen-bond donors (Lipinski definition) is 0. The topological polar surface area (TPSA) is 32.3 Å². The van der Waals surface area contributed by atoms with Gasteiger partial charge in [-0.1, -0.05) is 72.8 Å². The molecular formula is C43H33BIrN4-2. The molecule has 239 valence electrons. The molecule has 0 unspecified atom stereocenters. The van der Waals surface area contributed by atoms with Crippen LogP contribution in [0.5, 0.6) is 0 Å². The molecule has 1 radical (unpaired) electrons. The Labute approximate surface area is 302 Å². The van der Waals surface area contributed by atoms with E-state index in [-0.39, 0.29) is 26.8 Å². The van der Waals surface area contributed by atoms with E-state index in [4.69, 9.17) is 4.98 Å². The number of pyridine rings is 2. The van der Waals surface area contributed by atoms with Crippen molar-refractivity contribution in [2.75, 3.05) is 23.9 Å². The van der Waals surface area contributed by atoms with Gasteiger partial charge in [-0.2, -0.15) is 0 Å². The van der Waals surface area contributed by atoms with E-state index in [1.165, 1.54) is 50.3 Å². The van der Waals surface area contributed by atoms with Gasteiger partial charge in [0.05, 0.1) is 0 Å². The Morgan fingerprint density at radius 3 is 2.12 bits per heavy atom. The van der Waals surface area contributed by atoms with Crippen molar-refractivity contribution in [2.24, 2.45) is 0 Å². The van der Waals surface area contributed by atoms with Crippen molar-refractivity contribution in [3.63, 3.8) is 0 Å². The predicted octanol–water partition coefficient (Wildman–Crippen LogP) is 7.75. The van der Waals surface area contributed by atoms with Crippen molar-refractivity contribution in [2.45, 2.75) is 6.92 Å². The third-order valence-electron chi connectivity index (χ3n) is 9.35. The van der Waals surface area contributed by atoms with Crippen LogP contribution in [0.3, 0.4) is 0 Å². The molecule has 7 aromatic rings. The molecule has 5 aromatic carbocycles. The first-order chi connectivity index (χ1) is 23.6. The Balaban J connectivity index is 0.000000228. The van der Waals surface area contributed by atoms with Gasteiger partial charge < -0.3 is 19.8 Å². The van der Waals surface area contributed by atoms with Gasteiger partial charge in [-0.15, -0.1) is 65.1 Å².